The average Bonchev–Trinajstić information content (AvgIpc) is 2.50. The van der Waals surface area contributed by atoms with E-state index in [0.29, 0.717) is 6.61 Å². The molecular weight excluding hydrogens is 262 g/mol. The van der Waals surface area contributed by atoms with Gasteiger partial charge in [0.1, 0.15) is 0 Å². The third-order valence-corrected chi connectivity index (χ3v) is 3.43. The Bertz CT molecular complexity index is 581. The number of hydrogen-bond donors (Lipinski definition) is 1. The van der Waals surface area contributed by atoms with Crippen LogP contribution in [0.5, 0.6) is 0 Å². The maximum atomic E-state index is 12.5. The zero-order valence-corrected chi connectivity index (χ0v) is 12.5. The Labute approximate surface area is 126 Å². The highest BCUT2D eigenvalue weighted by atomic mass is 16.5. The molecule has 0 saturated carbocycles. The third kappa shape index (κ3) is 4.17. The molecule has 0 spiro atoms. The molecule has 0 bridgehead atoms. The van der Waals surface area contributed by atoms with E-state index in [9.17, 15) is 4.79 Å². The van der Waals surface area contributed by atoms with Crippen molar-refractivity contribution < 1.29 is 9.53 Å². The molecule has 0 aliphatic carbocycles. The molecule has 110 valence electrons. The predicted octanol–water partition coefficient (Wildman–Crippen LogP) is 3.97. The molecule has 2 rings (SSSR count). The highest BCUT2D eigenvalue weighted by molar-refractivity contribution is 5.95. The van der Waals surface area contributed by atoms with Crippen molar-refractivity contribution in [1.29, 1.82) is 0 Å². The summed E-state index contributed by atoms with van der Waals surface area (Å²) in [5.41, 5.74) is 2.90. The minimum Gasteiger partial charge on any atom is -0.380 e. The Balaban J connectivity index is 2.11. The van der Waals surface area contributed by atoms with Gasteiger partial charge in [-0.1, -0.05) is 49.4 Å². The summed E-state index contributed by atoms with van der Waals surface area (Å²) >= 11 is 0. The smallest absolute Gasteiger partial charge is 0.231 e. The van der Waals surface area contributed by atoms with E-state index in [1.54, 1.807) is 7.11 Å². The Hall–Kier alpha value is -2.13. The number of anilines is 1. The Kier molecular flexibility index (Phi) is 5.52. The number of nitrogens with one attached hydrogen (secondary N) is 1. The van der Waals surface area contributed by atoms with Crippen molar-refractivity contribution in [3.8, 4) is 0 Å². The number of hydrogen-bond acceptors (Lipinski definition) is 2. The molecule has 1 amide bonds. The molecule has 1 atom stereocenters. The first-order valence-corrected chi connectivity index (χ1v) is 7.18. The van der Waals surface area contributed by atoms with Crippen LogP contribution < -0.4 is 5.32 Å². The molecule has 2 aromatic carbocycles. The molecule has 1 N–H and O–H groups in total. The van der Waals surface area contributed by atoms with Crippen LogP contribution in [0, 0.1) is 0 Å². The summed E-state index contributed by atoms with van der Waals surface area (Å²) in [7, 11) is 1.66. The van der Waals surface area contributed by atoms with Crippen molar-refractivity contribution in [1.82, 2.24) is 0 Å². The lowest BCUT2D eigenvalue weighted by Crippen LogP contribution is -2.20. The van der Waals surface area contributed by atoms with Crippen molar-refractivity contribution in [2.75, 3.05) is 12.4 Å². The highest BCUT2D eigenvalue weighted by Crippen LogP contribution is 2.22. The molecule has 3 heteroatoms. The lowest BCUT2D eigenvalue weighted by molar-refractivity contribution is -0.117. The molecule has 0 aliphatic heterocycles. The van der Waals surface area contributed by atoms with Crippen LogP contribution in [0.1, 0.15) is 30.4 Å². The normalized spacial score (nSPS) is 11.9. The van der Waals surface area contributed by atoms with Gasteiger partial charge >= 0.3 is 0 Å². The second-order valence-corrected chi connectivity index (χ2v) is 4.99. The van der Waals surface area contributed by atoms with Crippen LogP contribution in [0.15, 0.2) is 54.6 Å². The van der Waals surface area contributed by atoms with Gasteiger partial charge in [0.15, 0.2) is 0 Å². The van der Waals surface area contributed by atoms with Gasteiger partial charge in [0, 0.05) is 12.8 Å². The quantitative estimate of drug-likeness (QED) is 0.871. The van der Waals surface area contributed by atoms with Gasteiger partial charge in [0.2, 0.25) is 5.91 Å². The van der Waals surface area contributed by atoms with Crippen molar-refractivity contribution in [2.24, 2.45) is 0 Å². The van der Waals surface area contributed by atoms with Gasteiger partial charge in [-0.05, 0) is 29.7 Å². The molecule has 2 aromatic rings. The number of rotatable bonds is 6. The molecule has 0 fully saturated rings. The van der Waals surface area contributed by atoms with Gasteiger partial charge in [-0.3, -0.25) is 4.79 Å². The summed E-state index contributed by atoms with van der Waals surface area (Å²) in [6, 6.07) is 17.6. The number of amides is 1. The van der Waals surface area contributed by atoms with E-state index in [0.717, 1.165) is 23.2 Å². The topological polar surface area (TPSA) is 38.3 Å². The molecule has 0 aliphatic rings. The zero-order valence-electron chi connectivity index (χ0n) is 12.5. The first kappa shape index (κ1) is 15.3. The monoisotopic (exact) mass is 283 g/mol. The van der Waals surface area contributed by atoms with E-state index in [-0.39, 0.29) is 11.8 Å². The SMILES string of the molecule is CC[C@H](C(=O)Nc1cccc(COC)c1)c1ccccc1. The standard InChI is InChI=1S/C18H21NO2/c1-3-17(15-9-5-4-6-10-15)18(20)19-16-11-7-8-14(12-16)13-21-2/h4-12,17H,3,13H2,1-2H3,(H,19,20)/t17-/m0/s1. The number of methoxy groups -OCH3 is 1. The summed E-state index contributed by atoms with van der Waals surface area (Å²) in [6.07, 6.45) is 0.771. The second kappa shape index (κ2) is 7.60. The minimum absolute atomic E-state index is 0.0262. The van der Waals surface area contributed by atoms with E-state index in [2.05, 4.69) is 5.32 Å². The first-order valence-electron chi connectivity index (χ1n) is 7.18. The van der Waals surface area contributed by atoms with Crippen LogP contribution in [0.3, 0.4) is 0 Å². The van der Waals surface area contributed by atoms with Gasteiger partial charge < -0.3 is 10.1 Å². The van der Waals surface area contributed by atoms with E-state index < -0.39 is 0 Å². The van der Waals surface area contributed by atoms with Crippen LogP contribution in [-0.2, 0) is 16.1 Å². The molecule has 0 unspecified atom stereocenters. The van der Waals surface area contributed by atoms with Gasteiger partial charge in [-0.25, -0.2) is 0 Å². The molecule has 21 heavy (non-hydrogen) atoms. The molecule has 3 nitrogen and oxygen atoms in total. The largest absolute Gasteiger partial charge is 0.380 e. The Morgan fingerprint density at radius 2 is 1.90 bits per heavy atom. The molecule has 0 heterocycles. The summed E-state index contributed by atoms with van der Waals surface area (Å²) in [5, 5.41) is 3.00. The van der Waals surface area contributed by atoms with E-state index in [1.165, 1.54) is 0 Å². The summed E-state index contributed by atoms with van der Waals surface area (Å²) in [4.78, 5) is 12.5. The third-order valence-electron chi connectivity index (χ3n) is 3.43. The second-order valence-electron chi connectivity index (χ2n) is 4.99. The molecule has 0 radical (unpaired) electrons. The van der Waals surface area contributed by atoms with Crippen molar-refractivity contribution in [2.45, 2.75) is 25.9 Å². The van der Waals surface area contributed by atoms with E-state index in [4.69, 9.17) is 4.74 Å². The Morgan fingerprint density at radius 3 is 2.57 bits per heavy atom. The predicted molar refractivity (Wildman–Crippen MR) is 85.3 cm³/mol. The number of benzene rings is 2. The summed E-state index contributed by atoms with van der Waals surface area (Å²) in [5.74, 6) is -0.101. The maximum Gasteiger partial charge on any atom is 0.231 e. The molecule has 0 aromatic heterocycles. The number of carbonyl (C=O) groups excluding carboxylic acids is 1. The van der Waals surface area contributed by atoms with Gasteiger partial charge in [-0.2, -0.15) is 0 Å². The van der Waals surface area contributed by atoms with Crippen LogP contribution in [-0.4, -0.2) is 13.0 Å². The van der Waals surface area contributed by atoms with Crippen LogP contribution in [0.2, 0.25) is 0 Å². The fourth-order valence-electron chi connectivity index (χ4n) is 2.39. The number of carbonyl (C=O) groups is 1. The van der Waals surface area contributed by atoms with Gasteiger partial charge in [0.25, 0.3) is 0 Å². The lowest BCUT2D eigenvalue weighted by atomic mass is 9.95. The van der Waals surface area contributed by atoms with Gasteiger partial charge in [0.05, 0.1) is 12.5 Å². The first-order chi connectivity index (χ1) is 10.2. The zero-order chi connectivity index (χ0) is 15.1. The van der Waals surface area contributed by atoms with E-state index in [1.807, 2.05) is 61.5 Å². The molecule has 0 saturated heterocycles. The Morgan fingerprint density at radius 1 is 1.14 bits per heavy atom. The average molecular weight is 283 g/mol. The maximum absolute atomic E-state index is 12.5. The van der Waals surface area contributed by atoms with Crippen molar-refractivity contribution in [3.63, 3.8) is 0 Å². The van der Waals surface area contributed by atoms with Crippen molar-refractivity contribution in [3.05, 3.63) is 65.7 Å². The van der Waals surface area contributed by atoms with Crippen LogP contribution in [0.25, 0.3) is 0 Å². The lowest BCUT2D eigenvalue weighted by Gasteiger charge is -2.16. The van der Waals surface area contributed by atoms with Crippen LogP contribution >= 0.6 is 0 Å². The summed E-state index contributed by atoms with van der Waals surface area (Å²) in [6.45, 7) is 2.57. The number of ether oxygens (including phenoxy) is 1. The fraction of sp³-hybridized carbons (Fsp3) is 0.278. The highest BCUT2D eigenvalue weighted by Gasteiger charge is 2.18. The van der Waals surface area contributed by atoms with E-state index >= 15 is 0 Å². The van der Waals surface area contributed by atoms with Crippen LogP contribution in [0.4, 0.5) is 5.69 Å². The molecular formula is C18H21NO2. The van der Waals surface area contributed by atoms with Gasteiger partial charge in [-0.15, -0.1) is 0 Å². The fourth-order valence-corrected chi connectivity index (χ4v) is 2.39. The van der Waals surface area contributed by atoms with Crippen molar-refractivity contribution >= 4 is 11.6 Å². The minimum atomic E-state index is -0.128. The summed E-state index contributed by atoms with van der Waals surface area (Å²) < 4.78 is 5.11.